The van der Waals surface area contributed by atoms with E-state index in [0.717, 1.165) is 6.42 Å². The zero-order chi connectivity index (χ0) is 19.9. The molecular weight excluding hydrogens is 376 g/mol. The van der Waals surface area contributed by atoms with Gasteiger partial charge in [-0.1, -0.05) is 36.7 Å². The van der Waals surface area contributed by atoms with Crippen molar-refractivity contribution in [1.82, 2.24) is 0 Å². The van der Waals surface area contributed by atoms with Crippen LogP contribution in [0.4, 0.5) is 17.1 Å². The number of ether oxygens (including phenoxy) is 2. The summed E-state index contributed by atoms with van der Waals surface area (Å²) < 4.78 is 11.1. The molecule has 0 fully saturated rings. The molecule has 0 radical (unpaired) electrons. The fourth-order valence-corrected chi connectivity index (χ4v) is 2.70. The summed E-state index contributed by atoms with van der Waals surface area (Å²) in [7, 11) is 0. The fraction of sp³-hybridized carbons (Fsp3) is 0.136. The first kappa shape index (κ1) is 19.6. The predicted octanol–water partition coefficient (Wildman–Crippen LogP) is 6.02. The molecule has 0 aliphatic rings. The van der Waals surface area contributed by atoms with E-state index in [4.69, 9.17) is 26.8 Å². The molecule has 0 aliphatic carbocycles. The van der Waals surface area contributed by atoms with Gasteiger partial charge in [-0.2, -0.15) is 0 Å². The largest absolute Gasteiger partial charge is 0.462 e. The molecule has 144 valence electrons. The molecule has 0 atom stereocenters. The molecular formula is C22H21ClN2O3. The lowest BCUT2D eigenvalue weighted by Crippen LogP contribution is -2.07. The summed E-state index contributed by atoms with van der Waals surface area (Å²) >= 11 is 6.15. The summed E-state index contributed by atoms with van der Waals surface area (Å²) in [4.78, 5) is 12.0. The summed E-state index contributed by atoms with van der Waals surface area (Å²) in [6, 6.07) is 19.7. The van der Waals surface area contributed by atoms with E-state index < -0.39 is 5.97 Å². The molecule has 0 amide bonds. The average Bonchev–Trinajstić information content (AvgIpc) is 2.70. The zero-order valence-electron chi connectivity index (χ0n) is 15.4. The van der Waals surface area contributed by atoms with Crippen LogP contribution in [0.25, 0.3) is 0 Å². The Balaban J connectivity index is 1.83. The number of hydrogen-bond donors (Lipinski definition) is 2. The Morgan fingerprint density at radius 1 is 1.04 bits per heavy atom. The van der Waals surface area contributed by atoms with Gasteiger partial charge >= 0.3 is 5.97 Å². The smallest absolute Gasteiger partial charge is 0.338 e. The number of nitrogens with one attached hydrogen (secondary N) is 1. The normalized spacial score (nSPS) is 10.4. The summed E-state index contributed by atoms with van der Waals surface area (Å²) in [6.07, 6.45) is 0.764. The van der Waals surface area contributed by atoms with Crippen molar-refractivity contribution in [3.63, 3.8) is 0 Å². The minimum Gasteiger partial charge on any atom is -0.462 e. The second-order valence-electron chi connectivity index (χ2n) is 6.12. The Labute approximate surface area is 169 Å². The van der Waals surface area contributed by atoms with Crippen LogP contribution in [0.2, 0.25) is 5.02 Å². The third-order valence-corrected chi connectivity index (χ3v) is 4.14. The lowest BCUT2D eigenvalue weighted by atomic mass is 10.1. The first-order chi connectivity index (χ1) is 13.6. The second-order valence-corrected chi connectivity index (χ2v) is 6.55. The second kappa shape index (κ2) is 9.15. The van der Waals surface area contributed by atoms with Crippen molar-refractivity contribution >= 4 is 34.6 Å². The summed E-state index contributed by atoms with van der Waals surface area (Å²) in [5.74, 6) is 0.909. The van der Waals surface area contributed by atoms with Gasteiger partial charge in [0.05, 0.1) is 29.2 Å². The molecule has 0 aromatic heterocycles. The Bertz CT molecular complexity index is 961. The van der Waals surface area contributed by atoms with Crippen LogP contribution in [-0.2, 0) is 4.74 Å². The standard InChI is InChI=1S/C22H21ClN2O3/c1-2-12-27-22(26)15-8-10-19(18(24)13-15)25-20-14-16(23)9-11-21(20)28-17-6-4-3-5-7-17/h3-11,13-14,25H,2,12,24H2,1H3. The zero-order valence-corrected chi connectivity index (χ0v) is 16.2. The maximum absolute atomic E-state index is 12.0. The van der Waals surface area contributed by atoms with Crippen molar-refractivity contribution in [3.8, 4) is 11.5 Å². The Hall–Kier alpha value is -3.18. The number of halogens is 1. The van der Waals surface area contributed by atoms with E-state index in [-0.39, 0.29) is 0 Å². The van der Waals surface area contributed by atoms with Gasteiger partial charge in [0.2, 0.25) is 0 Å². The van der Waals surface area contributed by atoms with E-state index >= 15 is 0 Å². The van der Waals surface area contributed by atoms with E-state index in [1.54, 1.807) is 36.4 Å². The molecule has 3 rings (SSSR count). The number of benzene rings is 3. The van der Waals surface area contributed by atoms with E-state index in [9.17, 15) is 4.79 Å². The molecule has 0 spiro atoms. The molecule has 0 heterocycles. The quantitative estimate of drug-likeness (QED) is 0.377. The van der Waals surface area contributed by atoms with Crippen molar-refractivity contribution in [1.29, 1.82) is 0 Å². The van der Waals surface area contributed by atoms with Crippen LogP contribution < -0.4 is 15.8 Å². The number of rotatable bonds is 7. The van der Waals surface area contributed by atoms with Crippen LogP contribution in [0.1, 0.15) is 23.7 Å². The molecule has 0 bridgehead atoms. The van der Waals surface area contributed by atoms with Gasteiger partial charge in [-0.15, -0.1) is 0 Å². The number of hydrogen-bond acceptors (Lipinski definition) is 5. The van der Waals surface area contributed by atoms with Gasteiger partial charge in [0.1, 0.15) is 5.75 Å². The summed E-state index contributed by atoms with van der Waals surface area (Å²) in [6.45, 7) is 2.32. The number of esters is 1. The third kappa shape index (κ3) is 4.96. The Morgan fingerprint density at radius 2 is 1.82 bits per heavy atom. The molecule has 3 aromatic carbocycles. The Kier molecular flexibility index (Phi) is 6.40. The molecule has 5 nitrogen and oxygen atoms in total. The number of nitrogens with two attached hydrogens (primary N) is 1. The minimum atomic E-state index is -0.393. The van der Waals surface area contributed by atoms with Crippen molar-refractivity contribution in [3.05, 3.63) is 77.3 Å². The summed E-state index contributed by atoms with van der Waals surface area (Å²) in [5.41, 5.74) is 8.24. The van der Waals surface area contributed by atoms with E-state index in [0.29, 0.717) is 45.8 Å². The highest BCUT2D eigenvalue weighted by Crippen LogP contribution is 2.35. The number of para-hydroxylation sites is 1. The lowest BCUT2D eigenvalue weighted by molar-refractivity contribution is 0.0505. The predicted molar refractivity (Wildman–Crippen MR) is 113 cm³/mol. The van der Waals surface area contributed by atoms with Crippen LogP contribution in [-0.4, -0.2) is 12.6 Å². The first-order valence-electron chi connectivity index (χ1n) is 8.93. The highest BCUT2D eigenvalue weighted by molar-refractivity contribution is 6.31. The molecule has 0 saturated carbocycles. The third-order valence-electron chi connectivity index (χ3n) is 3.91. The SMILES string of the molecule is CCCOC(=O)c1ccc(Nc2cc(Cl)ccc2Oc2ccccc2)c(N)c1. The molecule has 0 saturated heterocycles. The maximum atomic E-state index is 12.0. The van der Waals surface area contributed by atoms with Crippen molar-refractivity contribution < 1.29 is 14.3 Å². The average molecular weight is 397 g/mol. The van der Waals surface area contributed by atoms with Crippen LogP contribution in [0.3, 0.4) is 0 Å². The number of anilines is 3. The first-order valence-corrected chi connectivity index (χ1v) is 9.30. The van der Waals surface area contributed by atoms with Crippen molar-refractivity contribution in [2.24, 2.45) is 0 Å². The molecule has 0 unspecified atom stereocenters. The summed E-state index contributed by atoms with van der Waals surface area (Å²) in [5, 5.41) is 3.78. The van der Waals surface area contributed by atoms with Gasteiger partial charge in [0, 0.05) is 5.02 Å². The van der Waals surface area contributed by atoms with Gasteiger partial charge in [0.25, 0.3) is 0 Å². The molecule has 3 N–H and O–H groups in total. The van der Waals surface area contributed by atoms with E-state index in [1.165, 1.54) is 0 Å². The highest BCUT2D eigenvalue weighted by Gasteiger charge is 2.12. The van der Waals surface area contributed by atoms with Crippen molar-refractivity contribution in [2.45, 2.75) is 13.3 Å². The van der Waals surface area contributed by atoms with Crippen LogP contribution in [0.15, 0.2) is 66.7 Å². The van der Waals surface area contributed by atoms with Gasteiger partial charge in [-0.3, -0.25) is 0 Å². The molecule has 6 heteroatoms. The van der Waals surface area contributed by atoms with Crippen LogP contribution in [0, 0.1) is 0 Å². The number of carbonyl (C=O) groups excluding carboxylic acids is 1. The topological polar surface area (TPSA) is 73.6 Å². The fourth-order valence-electron chi connectivity index (χ4n) is 2.53. The van der Waals surface area contributed by atoms with Gasteiger partial charge in [-0.05, 0) is 55.0 Å². The van der Waals surface area contributed by atoms with E-state index in [1.807, 2.05) is 37.3 Å². The monoisotopic (exact) mass is 396 g/mol. The van der Waals surface area contributed by atoms with Gasteiger partial charge < -0.3 is 20.5 Å². The number of nitrogen functional groups attached to an aromatic ring is 1. The minimum absolute atomic E-state index is 0.376. The Morgan fingerprint density at radius 3 is 2.54 bits per heavy atom. The van der Waals surface area contributed by atoms with Gasteiger partial charge in [-0.25, -0.2) is 4.79 Å². The molecule has 3 aromatic rings. The highest BCUT2D eigenvalue weighted by atomic mass is 35.5. The number of carbonyl (C=O) groups is 1. The maximum Gasteiger partial charge on any atom is 0.338 e. The lowest BCUT2D eigenvalue weighted by Gasteiger charge is -2.15. The van der Waals surface area contributed by atoms with Crippen LogP contribution in [0.5, 0.6) is 11.5 Å². The van der Waals surface area contributed by atoms with Crippen LogP contribution >= 0.6 is 11.6 Å². The molecule has 28 heavy (non-hydrogen) atoms. The molecule has 0 aliphatic heterocycles. The van der Waals surface area contributed by atoms with Crippen molar-refractivity contribution in [2.75, 3.05) is 17.7 Å². The van der Waals surface area contributed by atoms with Gasteiger partial charge in [0.15, 0.2) is 5.75 Å². The van der Waals surface area contributed by atoms with E-state index in [2.05, 4.69) is 5.32 Å².